The first-order valence-electron chi connectivity index (χ1n) is 10.2. The number of carbonyl (C=O) groups is 2. The van der Waals surface area contributed by atoms with Gasteiger partial charge in [0.15, 0.2) is 5.78 Å². The van der Waals surface area contributed by atoms with Crippen molar-refractivity contribution in [2.24, 2.45) is 10.9 Å². The van der Waals surface area contributed by atoms with Crippen molar-refractivity contribution in [3.63, 3.8) is 0 Å². The molecule has 0 amide bonds. The summed E-state index contributed by atoms with van der Waals surface area (Å²) in [5.74, 6) is -0.512. The zero-order valence-corrected chi connectivity index (χ0v) is 17.3. The Hall–Kier alpha value is -3.21. The highest BCUT2D eigenvalue weighted by atomic mass is 16.5. The molecule has 0 fully saturated rings. The van der Waals surface area contributed by atoms with Crippen molar-refractivity contribution in [1.29, 1.82) is 0 Å². The van der Waals surface area contributed by atoms with Gasteiger partial charge in [-0.3, -0.25) is 14.6 Å². The van der Waals surface area contributed by atoms with Crippen LogP contribution in [0.25, 0.3) is 0 Å². The largest absolute Gasteiger partial charge is 0.489 e. The summed E-state index contributed by atoms with van der Waals surface area (Å²) >= 11 is 0. The lowest BCUT2D eigenvalue weighted by molar-refractivity contribution is -0.143. The number of Topliss-reactive ketones (excluding diaryl/α,β-unsaturated/α-hetero) is 1. The molecule has 1 aliphatic heterocycles. The molecule has 2 aliphatic rings. The monoisotopic (exact) mass is 403 g/mol. The first-order chi connectivity index (χ1) is 14.6. The van der Waals surface area contributed by atoms with Gasteiger partial charge in [-0.05, 0) is 43.0 Å². The van der Waals surface area contributed by atoms with Gasteiger partial charge in [-0.2, -0.15) is 0 Å². The third kappa shape index (κ3) is 3.92. The van der Waals surface area contributed by atoms with Gasteiger partial charge in [0.05, 0.1) is 7.11 Å². The minimum absolute atomic E-state index is 0.0795. The summed E-state index contributed by atoms with van der Waals surface area (Å²) in [5, 5.41) is 0. The number of carbonyl (C=O) groups excluding carboxylic acids is 2. The summed E-state index contributed by atoms with van der Waals surface area (Å²) in [6.45, 7) is 2.32. The van der Waals surface area contributed by atoms with Gasteiger partial charge in [0.2, 0.25) is 0 Å². The molecule has 0 radical (unpaired) electrons. The van der Waals surface area contributed by atoms with Gasteiger partial charge in [0.1, 0.15) is 18.3 Å². The maximum Gasteiger partial charge on any atom is 0.315 e. The first kappa shape index (κ1) is 20.1. The highest BCUT2D eigenvalue weighted by molar-refractivity contribution is 6.08. The molecule has 0 saturated heterocycles. The summed E-state index contributed by atoms with van der Waals surface area (Å²) in [4.78, 5) is 30.0. The molecular weight excluding hydrogens is 378 g/mol. The second-order valence-electron chi connectivity index (χ2n) is 7.71. The van der Waals surface area contributed by atoms with E-state index in [0.29, 0.717) is 24.3 Å². The average molecular weight is 403 g/mol. The lowest BCUT2D eigenvalue weighted by Crippen LogP contribution is -2.36. The van der Waals surface area contributed by atoms with Gasteiger partial charge >= 0.3 is 5.97 Å². The zero-order chi connectivity index (χ0) is 21.1. The fraction of sp³-hybridized carbons (Fsp3) is 0.320. The van der Waals surface area contributed by atoms with E-state index in [-0.39, 0.29) is 17.7 Å². The van der Waals surface area contributed by atoms with Crippen LogP contribution in [0.1, 0.15) is 43.2 Å². The van der Waals surface area contributed by atoms with Crippen LogP contribution in [0.2, 0.25) is 0 Å². The van der Waals surface area contributed by atoms with Gasteiger partial charge in [-0.15, -0.1) is 0 Å². The Bertz CT molecular complexity index is 1010. The second-order valence-corrected chi connectivity index (χ2v) is 7.71. The molecule has 2 aromatic carbocycles. The molecule has 5 heteroatoms. The van der Waals surface area contributed by atoms with E-state index in [9.17, 15) is 9.59 Å². The molecule has 1 heterocycles. The summed E-state index contributed by atoms with van der Waals surface area (Å²) in [6.07, 6.45) is 2.06. The fourth-order valence-corrected chi connectivity index (χ4v) is 4.31. The maximum atomic E-state index is 12.8. The van der Waals surface area contributed by atoms with Crippen LogP contribution in [0.5, 0.6) is 5.75 Å². The standard InChI is InChI=1S/C25H25NO4/c1-16-22(25(28)29-2)23(24-20(26-16)9-6-10-21(24)27)18-11-13-19(14-12-18)30-15-17-7-4-3-5-8-17/h3-5,7-8,11-14,22-23H,6,9-10,15H2,1-2H3/t22?,23-/m0/s1. The molecule has 0 spiro atoms. The minimum Gasteiger partial charge on any atom is -0.489 e. The van der Waals surface area contributed by atoms with Crippen molar-refractivity contribution < 1.29 is 19.1 Å². The van der Waals surface area contributed by atoms with Crippen LogP contribution in [-0.4, -0.2) is 24.6 Å². The van der Waals surface area contributed by atoms with Crippen LogP contribution in [-0.2, 0) is 20.9 Å². The number of nitrogens with zero attached hydrogens (tertiary/aromatic N) is 1. The van der Waals surface area contributed by atoms with E-state index in [1.165, 1.54) is 7.11 Å². The third-order valence-corrected chi connectivity index (χ3v) is 5.78. The van der Waals surface area contributed by atoms with E-state index >= 15 is 0 Å². The minimum atomic E-state index is -0.591. The summed E-state index contributed by atoms with van der Waals surface area (Å²) in [6, 6.07) is 17.6. The van der Waals surface area contributed by atoms with Crippen molar-refractivity contribution in [3.05, 3.63) is 77.0 Å². The van der Waals surface area contributed by atoms with Crippen LogP contribution in [0.3, 0.4) is 0 Å². The number of aliphatic imine (C=N–C) groups is 1. The highest BCUT2D eigenvalue weighted by Gasteiger charge is 2.42. The van der Waals surface area contributed by atoms with Gasteiger partial charge < -0.3 is 9.47 Å². The normalized spacial score (nSPS) is 21.0. The van der Waals surface area contributed by atoms with Crippen molar-refractivity contribution in [1.82, 2.24) is 0 Å². The average Bonchev–Trinajstić information content (AvgIpc) is 2.77. The SMILES string of the molecule is COC(=O)C1C(C)=NC2=C(C(=O)CCC2)[C@H]1c1ccc(OCc2ccccc2)cc1. The predicted octanol–water partition coefficient (Wildman–Crippen LogP) is 4.62. The summed E-state index contributed by atoms with van der Waals surface area (Å²) in [7, 11) is 1.37. The maximum absolute atomic E-state index is 12.8. The molecule has 0 N–H and O–H groups in total. The van der Waals surface area contributed by atoms with Crippen molar-refractivity contribution in [2.45, 2.75) is 38.7 Å². The molecule has 4 rings (SSSR count). The molecule has 2 aromatic rings. The number of allylic oxidation sites excluding steroid dienone is 2. The quantitative estimate of drug-likeness (QED) is 0.684. The summed E-state index contributed by atoms with van der Waals surface area (Å²) < 4.78 is 10.9. The van der Waals surface area contributed by atoms with E-state index in [4.69, 9.17) is 9.47 Å². The summed E-state index contributed by atoms with van der Waals surface area (Å²) in [5.41, 5.74) is 4.17. The van der Waals surface area contributed by atoms with Crippen molar-refractivity contribution in [2.75, 3.05) is 7.11 Å². The molecule has 1 aliphatic carbocycles. The number of esters is 1. The van der Waals surface area contributed by atoms with E-state index in [2.05, 4.69) is 4.99 Å². The molecule has 1 unspecified atom stereocenters. The number of hydrogen-bond donors (Lipinski definition) is 0. The lowest BCUT2D eigenvalue weighted by Gasteiger charge is -2.34. The third-order valence-electron chi connectivity index (χ3n) is 5.78. The van der Waals surface area contributed by atoms with Gasteiger partial charge in [0.25, 0.3) is 0 Å². The fourth-order valence-electron chi connectivity index (χ4n) is 4.31. The van der Waals surface area contributed by atoms with Crippen LogP contribution in [0.4, 0.5) is 0 Å². The number of benzene rings is 2. The van der Waals surface area contributed by atoms with E-state index in [1.54, 1.807) is 0 Å². The van der Waals surface area contributed by atoms with Gasteiger partial charge in [-0.1, -0.05) is 42.5 Å². The van der Waals surface area contributed by atoms with Crippen LogP contribution in [0, 0.1) is 5.92 Å². The lowest BCUT2D eigenvalue weighted by atomic mass is 9.72. The molecule has 0 bridgehead atoms. The van der Waals surface area contributed by atoms with E-state index in [0.717, 1.165) is 35.4 Å². The molecule has 30 heavy (non-hydrogen) atoms. The van der Waals surface area contributed by atoms with Crippen LogP contribution >= 0.6 is 0 Å². The molecule has 154 valence electrons. The second kappa shape index (κ2) is 8.66. The van der Waals surface area contributed by atoms with Crippen molar-refractivity contribution in [3.8, 4) is 5.75 Å². The number of hydrogen-bond acceptors (Lipinski definition) is 5. The topological polar surface area (TPSA) is 65.0 Å². The number of rotatable bonds is 5. The number of ketones is 1. The Morgan fingerprint density at radius 3 is 2.50 bits per heavy atom. The highest BCUT2D eigenvalue weighted by Crippen LogP contribution is 2.43. The van der Waals surface area contributed by atoms with Gasteiger partial charge in [-0.25, -0.2) is 0 Å². The van der Waals surface area contributed by atoms with Crippen LogP contribution < -0.4 is 4.74 Å². The van der Waals surface area contributed by atoms with E-state index in [1.807, 2.05) is 61.5 Å². The number of methoxy groups -OCH3 is 1. The smallest absolute Gasteiger partial charge is 0.315 e. The Morgan fingerprint density at radius 2 is 1.80 bits per heavy atom. The molecule has 0 aromatic heterocycles. The molecule has 0 saturated carbocycles. The predicted molar refractivity (Wildman–Crippen MR) is 114 cm³/mol. The Morgan fingerprint density at radius 1 is 1.07 bits per heavy atom. The Kier molecular flexibility index (Phi) is 5.79. The Labute approximate surface area is 176 Å². The molecular formula is C25H25NO4. The Balaban J connectivity index is 1.63. The molecule has 5 nitrogen and oxygen atoms in total. The van der Waals surface area contributed by atoms with E-state index < -0.39 is 5.92 Å². The number of ether oxygens (including phenoxy) is 2. The zero-order valence-electron chi connectivity index (χ0n) is 17.3. The van der Waals surface area contributed by atoms with Crippen LogP contribution in [0.15, 0.2) is 70.9 Å². The van der Waals surface area contributed by atoms with Crippen molar-refractivity contribution >= 4 is 17.5 Å². The molecule has 2 atom stereocenters. The first-order valence-corrected chi connectivity index (χ1v) is 10.2. The van der Waals surface area contributed by atoms with Gasteiger partial charge in [0, 0.05) is 29.3 Å².